The third-order valence-electron chi connectivity index (χ3n) is 4.91. The van der Waals surface area contributed by atoms with E-state index in [1.165, 1.54) is 44.6 Å². The van der Waals surface area contributed by atoms with Gasteiger partial charge in [0.05, 0.1) is 12.3 Å². The van der Waals surface area contributed by atoms with Crippen LogP contribution in [0.15, 0.2) is 36.5 Å². The maximum atomic E-state index is 12.4. The van der Waals surface area contributed by atoms with Crippen LogP contribution in [0.1, 0.15) is 67.9 Å². The van der Waals surface area contributed by atoms with Crippen LogP contribution in [0.2, 0.25) is 0 Å². The number of hydrogen-bond acceptors (Lipinski definition) is 3. The first-order valence-electron chi connectivity index (χ1n) is 9.36. The summed E-state index contributed by atoms with van der Waals surface area (Å²) >= 11 is 0. The molecule has 1 aliphatic rings. The van der Waals surface area contributed by atoms with E-state index in [4.69, 9.17) is 4.74 Å². The molecule has 2 aromatic rings. The summed E-state index contributed by atoms with van der Waals surface area (Å²) in [6, 6.07) is 10.1. The lowest BCUT2D eigenvalue weighted by Crippen LogP contribution is -2.15. The molecule has 0 unspecified atom stereocenters. The van der Waals surface area contributed by atoms with Crippen molar-refractivity contribution < 1.29 is 14.3 Å². The molecule has 0 saturated heterocycles. The van der Waals surface area contributed by atoms with Crippen molar-refractivity contribution in [1.82, 2.24) is 4.57 Å². The van der Waals surface area contributed by atoms with E-state index in [9.17, 15) is 9.59 Å². The predicted molar refractivity (Wildman–Crippen MR) is 102 cm³/mol. The van der Waals surface area contributed by atoms with Gasteiger partial charge in [0.25, 0.3) is 0 Å². The molecular weight excluding hydrogens is 328 g/mol. The first-order chi connectivity index (χ1) is 12.6. The maximum absolute atomic E-state index is 12.4. The molecule has 1 saturated carbocycles. The van der Waals surface area contributed by atoms with E-state index in [-0.39, 0.29) is 12.5 Å². The van der Waals surface area contributed by atoms with Crippen molar-refractivity contribution in [3.05, 3.63) is 47.8 Å². The van der Waals surface area contributed by atoms with Crippen LogP contribution in [0, 0.1) is 0 Å². The van der Waals surface area contributed by atoms with Gasteiger partial charge in [-0.15, -0.1) is 0 Å². The SMILES string of the molecule is CCOC(=O)c1c(NC(C)=O)ccn1-c1ccc(C2CCCCC2)cc1. The molecule has 0 bridgehead atoms. The molecule has 1 heterocycles. The third kappa shape index (κ3) is 3.98. The number of aromatic nitrogens is 1. The van der Waals surface area contributed by atoms with Crippen LogP contribution in [0.25, 0.3) is 5.69 Å². The number of amides is 1. The Hall–Kier alpha value is -2.56. The summed E-state index contributed by atoms with van der Waals surface area (Å²) in [6.45, 7) is 3.47. The van der Waals surface area contributed by atoms with Crippen molar-refractivity contribution in [3.8, 4) is 5.69 Å². The lowest BCUT2D eigenvalue weighted by Gasteiger charge is -2.22. The third-order valence-corrected chi connectivity index (χ3v) is 4.91. The summed E-state index contributed by atoms with van der Waals surface area (Å²) in [4.78, 5) is 23.9. The largest absolute Gasteiger partial charge is 0.461 e. The lowest BCUT2D eigenvalue weighted by atomic mass is 9.84. The Labute approximate surface area is 154 Å². The molecule has 1 aromatic heterocycles. The van der Waals surface area contributed by atoms with Gasteiger partial charge in [-0.05, 0) is 49.4 Å². The van der Waals surface area contributed by atoms with E-state index >= 15 is 0 Å². The van der Waals surface area contributed by atoms with Crippen LogP contribution < -0.4 is 5.32 Å². The van der Waals surface area contributed by atoms with E-state index in [0.29, 0.717) is 17.3 Å². The molecule has 0 aliphatic heterocycles. The Morgan fingerprint density at radius 1 is 1.12 bits per heavy atom. The quantitative estimate of drug-likeness (QED) is 0.795. The van der Waals surface area contributed by atoms with Crippen molar-refractivity contribution in [2.45, 2.75) is 51.9 Å². The number of nitrogens with zero attached hydrogens (tertiary/aromatic N) is 1. The highest BCUT2D eigenvalue weighted by molar-refractivity contribution is 6.00. The first-order valence-corrected chi connectivity index (χ1v) is 9.36. The molecule has 5 nitrogen and oxygen atoms in total. The van der Waals surface area contributed by atoms with Gasteiger partial charge in [-0.25, -0.2) is 4.79 Å². The van der Waals surface area contributed by atoms with Gasteiger partial charge in [0, 0.05) is 18.8 Å². The number of benzene rings is 1. The Bertz CT molecular complexity index is 771. The van der Waals surface area contributed by atoms with E-state index < -0.39 is 5.97 Å². The second kappa shape index (κ2) is 8.21. The zero-order valence-corrected chi connectivity index (χ0v) is 15.5. The summed E-state index contributed by atoms with van der Waals surface area (Å²) in [5, 5.41) is 2.71. The molecule has 138 valence electrons. The minimum Gasteiger partial charge on any atom is -0.461 e. The monoisotopic (exact) mass is 354 g/mol. The highest BCUT2D eigenvalue weighted by Gasteiger charge is 2.21. The molecule has 3 rings (SSSR count). The van der Waals surface area contributed by atoms with Crippen molar-refractivity contribution >= 4 is 17.6 Å². The van der Waals surface area contributed by atoms with Crippen molar-refractivity contribution in [2.75, 3.05) is 11.9 Å². The topological polar surface area (TPSA) is 60.3 Å². The average molecular weight is 354 g/mol. The van der Waals surface area contributed by atoms with Gasteiger partial charge >= 0.3 is 5.97 Å². The van der Waals surface area contributed by atoms with Gasteiger partial charge in [-0.1, -0.05) is 31.4 Å². The Morgan fingerprint density at radius 2 is 1.81 bits per heavy atom. The number of nitrogens with one attached hydrogen (secondary N) is 1. The molecule has 1 aromatic carbocycles. The normalized spacial score (nSPS) is 14.8. The summed E-state index contributed by atoms with van der Waals surface area (Å²) in [5.74, 6) is -0.0273. The number of carbonyl (C=O) groups excluding carboxylic acids is 2. The lowest BCUT2D eigenvalue weighted by molar-refractivity contribution is -0.114. The molecule has 1 fully saturated rings. The zero-order valence-electron chi connectivity index (χ0n) is 15.5. The maximum Gasteiger partial charge on any atom is 0.357 e. The summed E-state index contributed by atoms with van der Waals surface area (Å²) in [7, 11) is 0. The number of ether oxygens (including phenoxy) is 1. The molecular formula is C21H26N2O3. The molecule has 26 heavy (non-hydrogen) atoms. The number of anilines is 1. The highest BCUT2D eigenvalue weighted by Crippen LogP contribution is 2.33. The first kappa shape index (κ1) is 18.2. The molecule has 5 heteroatoms. The van der Waals surface area contributed by atoms with E-state index in [0.717, 1.165) is 5.69 Å². The molecule has 0 atom stereocenters. The van der Waals surface area contributed by atoms with Crippen LogP contribution in [-0.4, -0.2) is 23.1 Å². The number of hydrogen-bond donors (Lipinski definition) is 1. The van der Waals surface area contributed by atoms with Crippen LogP contribution in [-0.2, 0) is 9.53 Å². The standard InChI is InChI=1S/C21H26N2O3/c1-3-26-21(25)20-19(22-15(2)24)13-14-23(20)18-11-9-17(10-12-18)16-7-5-4-6-8-16/h9-14,16H,3-8H2,1-2H3,(H,22,24). The molecule has 0 radical (unpaired) electrons. The van der Waals surface area contributed by atoms with Gasteiger partial charge in [-0.2, -0.15) is 0 Å². The zero-order chi connectivity index (χ0) is 18.5. The van der Waals surface area contributed by atoms with Crippen LogP contribution in [0.4, 0.5) is 5.69 Å². The molecule has 1 aliphatic carbocycles. The highest BCUT2D eigenvalue weighted by atomic mass is 16.5. The minimum atomic E-state index is -0.447. The van der Waals surface area contributed by atoms with E-state index in [1.54, 1.807) is 23.8 Å². The smallest absolute Gasteiger partial charge is 0.357 e. The second-order valence-corrected chi connectivity index (χ2v) is 6.78. The summed E-state index contributed by atoms with van der Waals surface area (Å²) in [5.41, 5.74) is 3.05. The minimum absolute atomic E-state index is 0.221. The fraction of sp³-hybridized carbons (Fsp3) is 0.429. The Morgan fingerprint density at radius 3 is 2.42 bits per heavy atom. The van der Waals surface area contributed by atoms with Crippen LogP contribution in [0.5, 0.6) is 0 Å². The Kier molecular flexibility index (Phi) is 5.76. The molecule has 1 amide bonds. The summed E-state index contributed by atoms with van der Waals surface area (Å²) in [6.07, 6.45) is 8.24. The number of carbonyl (C=O) groups is 2. The molecule has 1 N–H and O–H groups in total. The Balaban J connectivity index is 1.91. The van der Waals surface area contributed by atoms with Gasteiger partial charge in [0.1, 0.15) is 0 Å². The van der Waals surface area contributed by atoms with Crippen molar-refractivity contribution in [3.63, 3.8) is 0 Å². The number of rotatable bonds is 5. The second-order valence-electron chi connectivity index (χ2n) is 6.78. The van der Waals surface area contributed by atoms with Gasteiger partial charge in [-0.3, -0.25) is 4.79 Å². The predicted octanol–water partition coefficient (Wildman–Crippen LogP) is 4.66. The molecule has 0 spiro atoms. The average Bonchev–Trinajstić information content (AvgIpc) is 3.06. The van der Waals surface area contributed by atoms with Gasteiger partial charge in [0.15, 0.2) is 5.69 Å². The summed E-state index contributed by atoms with van der Waals surface area (Å²) < 4.78 is 6.95. The van der Waals surface area contributed by atoms with Gasteiger partial charge in [0.2, 0.25) is 5.91 Å². The fourth-order valence-corrected chi connectivity index (χ4v) is 3.69. The van der Waals surface area contributed by atoms with Crippen molar-refractivity contribution in [2.24, 2.45) is 0 Å². The van der Waals surface area contributed by atoms with Crippen LogP contribution >= 0.6 is 0 Å². The fourth-order valence-electron chi connectivity index (χ4n) is 3.69. The van der Waals surface area contributed by atoms with Gasteiger partial charge < -0.3 is 14.6 Å². The van der Waals surface area contributed by atoms with E-state index in [1.807, 2.05) is 12.1 Å². The van der Waals surface area contributed by atoms with Crippen LogP contribution in [0.3, 0.4) is 0 Å². The number of esters is 1. The van der Waals surface area contributed by atoms with E-state index in [2.05, 4.69) is 17.4 Å². The van der Waals surface area contributed by atoms with Crippen molar-refractivity contribution in [1.29, 1.82) is 0 Å².